The van der Waals surface area contributed by atoms with Gasteiger partial charge in [-0.05, 0) is 43.0 Å². The van der Waals surface area contributed by atoms with E-state index in [4.69, 9.17) is 27.9 Å². The van der Waals surface area contributed by atoms with Crippen LogP contribution in [0.25, 0.3) is 0 Å². The lowest BCUT2D eigenvalue weighted by atomic mass is 9.84. The van der Waals surface area contributed by atoms with Crippen molar-refractivity contribution in [2.75, 3.05) is 40.0 Å². The maximum atomic E-state index is 9.28. The molecule has 8 heteroatoms. The van der Waals surface area contributed by atoms with Gasteiger partial charge in [0.15, 0.2) is 5.96 Å². The van der Waals surface area contributed by atoms with Gasteiger partial charge >= 0.3 is 0 Å². The molecule has 0 spiro atoms. The predicted molar refractivity (Wildman–Crippen MR) is 115 cm³/mol. The van der Waals surface area contributed by atoms with Crippen molar-refractivity contribution in [1.82, 2.24) is 10.6 Å². The fourth-order valence-electron chi connectivity index (χ4n) is 2.88. The molecule has 1 aliphatic rings. The first-order chi connectivity index (χ1) is 11.6. The van der Waals surface area contributed by atoms with Crippen LogP contribution in [-0.2, 0) is 11.2 Å². The molecule has 1 aliphatic heterocycles. The normalized spacial score (nSPS) is 20.2. The zero-order valence-corrected chi connectivity index (χ0v) is 18.2. The van der Waals surface area contributed by atoms with Crippen LogP contribution in [-0.4, -0.2) is 51.0 Å². The average molecular weight is 502 g/mol. The van der Waals surface area contributed by atoms with Crippen LogP contribution in [0.3, 0.4) is 0 Å². The van der Waals surface area contributed by atoms with Gasteiger partial charge in [-0.2, -0.15) is 0 Å². The van der Waals surface area contributed by atoms with Crippen LogP contribution in [0.15, 0.2) is 23.2 Å². The summed E-state index contributed by atoms with van der Waals surface area (Å²) in [5.74, 6) is 0.743. The molecule has 25 heavy (non-hydrogen) atoms. The van der Waals surface area contributed by atoms with E-state index < -0.39 is 0 Å². The predicted octanol–water partition coefficient (Wildman–Crippen LogP) is 3.11. The number of halogens is 3. The molecular weight excluding hydrogens is 476 g/mol. The molecule has 0 aromatic heterocycles. The fourth-order valence-corrected chi connectivity index (χ4v) is 3.46. The van der Waals surface area contributed by atoms with E-state index in [2.05, 4.69) is 15.6 Å². The topological polar surface area (TPSA) is 65.9 Å². The van der Waals surface area contributed by atoms with Crippen LogP contribution >= 0.6 is 47.2 Å². The van der Waals surface area contributed by atoms with Crippen LogP contribution in [0.5, 0.6) is 0 Å². The van der Waals surface area contributed by atoms with E-state index in [9.17, 15) is 5.11 Å². The summed E-state index contributed by atoms with van der Waals surface area (Å²) in [7, 11) is 1.75. The van der Waals surface area contributed by atoms with Crippen molar-refractivity contribution >= 4 is 53.1 Å². The van der Waals surface area contributed by atoms with Crippen LogP contribution in [0.1, 0.15) is 18.4 Å². The Bertz CT molecular complexity index is 547. The van der Waals surface area contributed by atoms with E-state index in [-0.39, 0.29) is 36.0 Å². The van der Waals surface area contributed by atoms with E-state index in [1.54, 1.807) is 13.1 Å². The molecule has 142 valence electrons. The van der Waals surface area contributed by atoms with Gasteiger partial charge in [-0.15, -0.1) is 24.0 Å². The Hall–Kier alpha value is -0.280. The van der Waals surface area contributed by atoms with Gasteiger partial charge in [-0.3, -0.25) is 4.99 Å². The zero-order chi connectivity index (χ0) is 17.4. The number of nitrogens with one attached hydrogen (secondary N) is 2. The van der Waals surface area contributed by atoms with E-state index >= 15 is 0 Å². The van der Waals surface area contributed by atoms with Gasteiger partial charge in [0.2, 0.25) is 0 Å². The molecule has 0 aliphatic carbocycles. The minimum atomic E-state index is -0.00709. The lowest BCUT2D eigenvalue weighted by Crippen LogP contribution is -2.45. The Morgan fingerprint density at radius 3 is 2.56 bits per heavy atom. The monoisotopic (exact) mass is 501 g/mol. The molecule has 1 aromatic rings. The first kappa shape index (κ1) is 22.8. The molecule has 1 heterocycles. The minimum absolute atomic E-state index is 0. The zero-order valence-electron chi connectivity index (χ0n) is 14.4. The number of aliphatic imine (C=N–C) groups is 1. The van der Waals surface area contributed by atoms with Crippen molar-refractivity contribution < 1.29 is 9.84 Å². The molecule has 1 saturated heterocycles. The number of hydrogen-bond donors (Lipinski definition) is 3. The number of aliphatic hydroxyl groups is 1. The summed E-state index contributed by atoms with van der Waals surface area (Å²) < 4.78 is 5.50. The van der Waals surface area contributed by atoms with Crippen molar-refractivity contribution in [2.24, 2.45) is 10.4 Å². The summed E-state index contributed by atoms with van der Waals surface area (Å²) in [6.07, 6.45) is 2.49. The Balaban J connectivity index is 0.00000312. The van der Waals surface area contributed by atoms with Crippen molar-refractivity contribution in [3.05, 3.63) is 33.8 Å². The molecule has 1 unspecified atom stereocenters. The standard InChI is InChI=1S/C17H25Cl2N3O2.HI/c1-20-16(22-11-17(3-6-23)4-7-24-12-17)21-5-2-13-8-14(18)10-15(19)9-13;/h8-10,23H,2-7,11-12H2,1H3,(H2,20,21,22);1H. The number of nitrogens with zero attached hydrogens (tertiary/aromatic N) is 1. The lowest BCUT2D eigenvalue weighted by molar-refractivity contribution is 0.127. The molecule has 3 N–H and O–H groups in total. The van der Waals surface area contributed by atoms with E-state index in [0.29, 0.717) is 16.7 Å². The minimum Gasteiger partial charge on any atom is -0.396 e. The van der Waals surface area contributed by atoms with Crippen molar-refractivity contribution in [2.45, 2.75) is 19.3 Å². The average Bonchev–Trinajstić information content (AvgIpc) is 2.99. The Kier molecular flexibility index (Phi) is 10.4. The van der Waals surface area contributed by atoms with Crippen molar-refractivity contribution in [3.8, 4) is 0 Å². The van der Waals surface area contributed by atoms with Crippen LogP contribution in [0.2, 0.25) is 10.0 Å². The molecule has 0 saturated carbocycles. The molecule has 1 aromatic carbocycles. The summed E-state index contributed by atoms with van der Waals surface area (Å²) in [6, 6.07) is 5.56. The number of rotatable bonds is 7. The van der Waals surface area contributed by atoms with E-state index in [1.165, 1.54) is 0 Å². The van der Waals surface area contributed by atoms with Gasteiger partial charge < -0.3 is 20.5 Å². The molecule has 0 bridgehead atoms. The second kappa shape index (κ2) is 11.4. The molecule has 0 radical (unpaired) electrons. The Morgan fingerprint density at radius 1 is 1.28 bits per heavy atom. The summed E-state index contributed by atoms with van der Waals surface area (Å²) in [4.78, 5) is 4.25. The number of guanidine groups is 1. The van der Waals surface area contributed by atoms with Gasteiger partial charge in [-0.1, -0.05) is 23.2 Å². The summed E-state index contributed by atoms with van der Waals surface area (Å²) in [6.45, 7) is 3.06. The van der Waals surface area contributed by atoms with Crippen LogP contribution < -0.4 is 10.6 Å². The second-order valence-corrected chi connectivity index (χ2v) is 7.03. The quantitative estimate of drug-likeness (QED) is 0.305. The molecule has 5 nitrogen and oxygen atoms in total. The highest BCUT2D eigenvalue weighted by atomic mass is 127. The number of hydrogen-bond acceptors (Lipinski definition) is 3. The SMILES string of the molecule is CN=C(NCCc1cc(Cl)cc(Cl)c1)NCC1(CCO)CCOC1.I. The van der Waals surface area contributed by atoms with E-state index in [0.717, 1.165) is 50.5 Å². The summed E-state index contributed by atoms with van der Waals surface area (Å²) in [5.41, 5.74) is 1.07. The third kappa shape index (κ3) is 7.46. The van der Waals surface area contributed by atoms with Crippen LogP contribution in [0.4, 0.5) is 0 Å². The molecular formula is C17H26Cl2IN3O2. The van der Waals surface area contributed by atoms with Crippen molar-refractivity contribution in [1.29, 1.82) is 0 Å². The molecule has 2 rings (SSSR count). The number of aliphatic hydroxyl groups excluding tert-OH is 1. The van der Waals surface area contributed by atoms with Gasteiger partial charge in [0.05, 0.1) is 6.61 Å². The highest BCUT2D eigenvalue weighted by molar-refractivity contribution is 14.0. The molecule has 1 fully saturated rings. The van der Waals surface area contributed by atoms with Gasteiger partial charge in [0, 0.05) is 48.8 Å². The maximum Gasteiger partial charge on any atom is 0.191 e. The highest BCUT2D eigenvalue weighted by Gasteiger charge is 2.34. The number of benzene rings is 1. The number of ether oxygens (including phenoxy) is 1. The fraction of sp³-hybridized carbons (Fsp3) is 0.588. The Morgan fingerprint density at radius 2 is 2.00 bits per heavy atom. The second-order valence-electron chi connectivity index (χ2n) is 6.16. The maximum absolute atomic E-state index is 9.28. The van der Waals surface area contributed by atoms with Gasteiger partial charge in [0.25, 0.3) is 0 Å². The van der Waals surface area contributed by atoms with Gasteiger partial charge in [0.1, 0.15) is 0 Å². The molecule has 1 atom stereocenters. The first-order valence-corrected chi connectivity index (χ1v) is 8.91. The third-order valence-electron chi connectivity index (χ3n) is 4.31. The third-order valence-corrected chi connectivity index (χ3v) is 4.75. The summed E-state index contributed by atoms with van der Waals surface area (Å²) in [5, 5.41) is 17.2. The summed E-state index contributed by atoms with van der Waals surface area (Å²) >= 11 is 12.0. The Labute approximate surface area is 176 Å². The molecule has 0 amide bonds. The van der Waals surface area contributed by atoms with Gasteiger partial charge in [-0.25, -0.2) is 0 Å². The smallest absolute Gasteiger partial charge is 0.191 e. The van der Waals surface area contributed by atoms with Crippen LogP contribution in [0, 0.1) is 5.41 Å². The lowest BCUT2D eigenvalue weighted by Gasteiger charge is -2.27. The highest BCUT2D eigenvalue weighted by Crippen LogP contribution is 2.31. The van der Waals surface area contributed by atoms with E-state index in [1.807, 2.05) is 12.1 Å². The van der Waals surface area contributed by atoms with Crippen molar-refractivity contribution in [3.63, 3.8) is 0 Å². The largest absolute Gasteiger partial charge is 0.396 e. The first-order valence-electron chi connectivity index (χ1n) is 8.15.